The maximum absolute atomic E-state index is 11.1. The average molecular weight is 399 g/mol. The predicted molar refractivity (Wildman–Crippen MR) is 112 cm³/mol. The van der Waals surface area contributed by atoms with Gasteiger partial charge in [-0.15, -0.1) is 6.42 Å². The van der Waals surface area contributed by atoms with Gasteiger partial charge in [-0.1, -0.05) is 0 Å². The van der Waals surface area contributed by atoms with E-state index in [9.17, 15) is 14.9 Å². The molecule has 0 bridgehead atoms. The highest BCUT2D eigenvalue weighted by molar-refractivity contribution is 5.91. The van der Waals surface area contributed by atoms with Crippen molar-refractivity contribution in [2.75, 3.05) is 0 Å². The maximum Gasteiger partial charge on any atom is 0.339 e. The highest BCUT2D eigenvalue weighted by Gasteiger charge is 2.16. The molecule has 0 atom stereocenters. The molecule has 1 aromatic carbocycles. The van der Waals surface area contributed by atoms with Gasteiger partial charge in [0.05, 0.1) is 4.92 Å². The molecule has 6 heteroatoms. The minimum Gasteiger partial charge on any atom is -0.478 e. The number of nitro benzene ring substituents is 1. The standard InChI is InChI=1S/C25H5NO5/c1-2-3-4-5-6-7-8-9-10-11-12-13-14-15-16-17-20-31-24-19-18-22(26(29)30)21-23(24)25(27)28/h1,18-19,21H,(H,27,28). The van der Waals surface area contributed by atoms with Crippen LogP contribution >= 0.6 is 0 Å². The second-order valence-electron chi connectivity index (χ2n) is 4.47. The van der Waals surface area contributed by atoms with Gasteiger partial charge in [0.15, 0.2) is 5.75 Å². The van der Waals surface area contributed by atoms with E-state index in [0.29, 0.717) is 0 Å². The number of aromatic carboxylic acids is 1. The summed E-state index contributed by atoms with van der Waals surface area (Å²) in [6, 6.07) is 3.09. The summed E-state index contributed by atoms with van der Waals surface area (Å²) in [5.74, 6) is 36.5. The Labute approximate surface area is 178 Å². The van der Waals surface area contributed by atoms with E-state index < -0.39 is 16.5 Å². The Bertz CT molecular complexity index is 1460. The van der Waals surface area contributed by atoms with Gasteiger partial charge in [0.25, 0.3) is 5.69 Å². The number of non-ortho nitro benzene ring substituents is 1. The quantitative estimate of drug-likeness (QED) is 0.470. The summed E-state index contributed by atoms with van der Waals surface area (Å²) < 4.78 is 4.95. The third-order valence-corrected chi connectivity index (χ3v) is 2.56. The molecule has 1 aromatic rings. The monoisotopic (exact) mass is 399 g/mol. The van der Waals surface area contributed by atoms with E-state index in [1.165, 1.54) is 0 Å². The number of nitrogens with zero attached hydrogens (tertiary/aromatic N) is 1. The van der Waals surface area contributed by atoms with Crippen molar-refractivity contribution in [3.8, 4) is 113 Å². The normalized spacial score (nSPS) is 6.42. The van der Waals surface area contributed by atoms with Crippen molar-refractivity contribution in [2.45, 2.75) is 0 Å². The highest BCUT2D eigenvalue weighted by atomic mass is 16.6. The molecule has 0 saturated heterocycles. The summed E-state index contributed by atoms with van der Waals surface area (Å²) >= 11 is 0. The fourth-order valence-electron chi connectivity index (χ4n) is 1.44. The Hall–Kier alpha value is -6.07. The lowest BCUT2D eigenvalue weighted by molar-refractivity contribution is -0.384. The van der Waals surface area contributed by atoms with E-state index in [4.69, 9.17) is 16.3 Å². The molecule has 0 radical (unpaired) electrons. The number of rotatable bonds is 3. The number of hydrogen-bond donors (Lipinski definition) is 1. The fourth-order valence-corrected chi connectivity index (χ4v) is 1.44. The van der Waals surface area contributed by atoms with Gasteiger partial charge in [-0.3, -0.25) is 10.1 Å². The third-order valence-electron chi connectivity index (χ3n) is 2.56. The SMILES string of the molecule is C#CC#CC#CC#CC#CC#CC#CC#CC#COc1ccc([N+](=O)[O-])cc1C(=O)O. The van der Waals surface area contributed by atoms with Crippen molar-refractivity contribution >= 4 is 11.7 Å². The molecule has 0 spiro atoms. The van der Waals surface area contributed by atoms with Crippen LogP contribution in [0, 0.1) is 117 Å². The Kier molecular flexibility index (Phi) is 10.4. The first-order valence-electron chi connectivity index (χ1n) is 7.70. The number of nitro groups is 1. The molecule has 0 heterocycles. The molecule has 0 amide bonds. The molecular weight excluding hydrogens is 394 g/mol. The van der Waals surface area contributed by atoms with Gasteiger partial charge >= 0.3 is 5.97 Å². The molecule has 0 aliphatic rings. The first-order valence-corrected chi connectivity index (χ1v) is 7.70. The van der Waals surface area contributed by atoms with Crippen LogP contribution in [0.1, 0.15) is 10.4 Å². The maximum atomic E-state index is 11.1. The smallest absolute Gasteiger partial charge is 0.339 e. The van der Waals surface area contributed by atoms with Crippen LogP contribution in [0.15, 0.2) is 18.2 Å². The van der Waals surface area contributed by atoms with Crippen molar-refractivity contribution < 1.29 is 19.6 Å². The number of carbonyl (C=O) groups is 1. The van der Waals surface area contributed by atoms with E-state index in [0.717, 1.165) is 18.2 Å². The van der Waals surface area contributed by atoms with Crippen LogP contribution in [-0.4, -0.2) is 16.0 Å². The molecule has 0 aliphatic carbocycles. The largest absolute Gasteiger partial charge is 0.478 e. The number of carboxylic acids is 1. The van der Waals surface area contributed by atoms with Gasteiger partial charge in [0.2, 0.25) is 0 Å². The first kappa shape index (κ1) is 23.0. The third kappa shape index (κ3) is 10.00. The highest BCUT2D eigenvalue weighted by Crippen LogP contribution is 2.23. The minimum absolute atomic E-state index is 0.155. The summed E-state index contributed by atoms with van der Waals surface area (Å²) in [5.41, 5.74) is -0.785. The minimum atomic E-state index is -1.40. The van der Waals surface area contributed by atoms with Crippen molar-refractivity contribution in [2.24, 2.45) is 0 Å². The van der Waals surface area contributed by atoms with Crippen molar-refractivity contribution in [3.63, 3.8) is 0 Å². The number of terminal acetylenes is 1. The Morgan fingerprint density at radius 3 is 1.71 bits per heavy atom. The van der Waals surface area contributed by atoms with Gasteiger partial charge < -0.3 is 9.84 Å². The fraction of sp³-hybridized carbons (Fsp3) is 0. The van der Waals surface area contributed by atoms with E-state index in [1.54, 1.807) is 0 Å². The van der Waals surface area contributed by atoms with Crippen LogP contribution in [0.4, 0.5) is 5.69 Å². The van der Waals surface area contributed by atoms with Crippen LogP contribution in [0.2, 0.25) is 0 Å². The van der Waals surface area contributed by atoms with Crippen LogP contribution in [0.25, 0.3) is 0 Å². The summed E-state index contributed by atoms with van der Waals surface area (Å²) in [6.07, 6.45) is 7.07. The van der Waals surface area contributed by atoms with Gasteiger partial charge in [0.1, 0.15) is 11.7 Å². The van der Waals surface area contributed by atoms with Crippen LogP contribution in [0.3, 0.4) is 0 Å². The second kappa shape index (κ2) is 14.0. The van der Waals surface area contributed by atoms with Gasteiger partial charge in [-0.05, 0) is 53.4 Å². The summed E-state index contributed by atoms with van der Waals surface area (Å²) in [4.78, 5) is 21.1. The van der Waals surface area contributed by atoms with Crippen molar-refractivity contribution in [3.05, 3.63) is 33.9 Å². The molecule has 1 rings (SSSR count). The summed E-state index contributed by atoms with van der Waals surface area (Å²) in [6.45, 7) is 0. The molecule has 0 saturated carbocycles. The van der Waals surface area contributed by atoms with Crippen LogP contribution in [-0.2, 0) is 0 Å². The summed E-state index contributed by atoms with van der Waals surface area (Å²) in [5, 5.41) is 19.8. The number of benzene rings is 1. The molecule has 0 aromatic heterocycles. The molecular formula is C25H5NO5. The van der Waals surface area contributed by atoms with Crippen LogP contribution < -0.4 is 4.74 Å². The lowest BCUT2D eigenvalue weighted by Gasteiger charge is -2.01. The topological polar surface area (TPSA) is 89.7 Å². The average Bonchev–Trinajstić information content (AvgIpc) is 2.75. The molecule has 31 heavy (non-hydrogen) atoms. The predicted octanol–water partition coefficient (Wildman–Crippen LogP) is 1.29. The summed E-state index contributed by atoms with van der Waals surface area (Å²) in [7, 11) is 0. The molecule has 0 aliphatic heterocycles. The first-order chi connectivity index (χ1) is 15.1. The lowest BCUT2D eigenvalue weighted by atomic mass is 10.2. The van der Waals surface area contributed by atoms with E-state index in [-0.39, 0.29) is 11.4 Å². The zero-order chi connectivity index (χ0) is 22.7. The van der Waals surface area contributed by atoms with E-state index >= 15 is 0 Å². The number of carboxylic acid groups (broad SMARTS) is 1. The number of ether oxygens (including phenoxy) is 1. The Morgan fingerprint density at radius 2 is 1.29 bits per heavy atom. The number of hydrogen-bond acceptors (Lipinski definition) is 4. The second-order valence-corrected chi connectivity index (χ2v) is 4.47. The molecule has 140 valence electrons. The molecule has 6 nitrogen and oxygen atoms in total. The van der Waals surface area contributed by atoms with Gasteiger partial charge in [-0.2, -0.15) is 0 Å². The van der Waals surface area contributed by atoms with E-state index in [2.05, 4.69) is 101 Å². The molecule has 0 fully saturated rings. The van der Waals surface area contributed by atoms with Gasteiger partial charge in [-0.25, -0.2) is 4.79 Å². The van der Waals surface area contributed by atoms with E-state index in [1.807, 2.05) is 0 Å². The molecule has 0 unspecified atom stereocenters. The van der Waals surface area contributed by atoms with Crippen molar-refractivity contribution in [1.82, 2.24) is 0 Å². The van der Waals surface area contributed by atoms with Crippen molar-refractivity contribution in [1.29, 1.82) is 0 Å². The Balaban J connectivity index is 2.65. The lowest BCUT2D eigenvalue weighted by Crippen LogP contribution is -2.01. The zero-order valence-electron chi connectivity index (χ0n) is 15.3. The Morgan fingerprint density at radius 1 is 0.839 bits per heavy atom. The van der Waals surface area contributed by atoms with Gasteiger partial charge in [0, 0.05) is 59.5 Å². The zero-order valence-corrected chi connectivity index (χ0v) is 15.3. The van der Waals surface area contributed by atoms with Crippen LogP contribution in [0.5, 0.6) is 5.75 Å². The molecule has 1 N–H and O–H groups in total.